The summed E-state index contributed by atoms with van der Waals surface area (Å²) in [5.41, 5.74) is 6.65. The van der Waals surface area contributed by atoms with Crippen molar-refractivity contribution in [3.8, 4) is 11.1 Å². The molecular weight excluding hydrogens is 384 g/mol. The highest BCUT2D eigenvalue weighted by atomic mass is 32.2. The fourth-order valence-corrected chi connectivity index (χ4v) is 4.60. The standard InChI is InChI=1S/C18H18N4O3S2/c1-3-22-16(24)13-12(11-7-5-4-6-8-11)9-26-15(13)21-18(22)27-10(2)14(23)20-17(19)25/h4-10H,3H2,1-2H3,(H3,19,20,23,25)/t10-/m0/s1. The normalized spacial score (nSPS) is 12.1. The lowest BCUT2D eigenvalue weighted by Gasteiger charge is -2.14. The van der Waals surface area contributed by atoms with E-state index in [2.05, 4.69) is 4.98 Å². The molecule has 2 heterocycles. The summed E-state index contributed by atoms with van der Waals surface area (Å²) >= 11 is 2.51. The van der Waals surface area contributed by atoms with E-state index in [1.54, 1.807) is 11.5 Å². The molecular formula is C18H18N4O3S2. The lowest BCUT2D eigenvalue weighted by Crippen LogP contribution is -2.39. The van der Waals surface area contributed by atoms with Crippen LogP contribution in [0.15, 0.2) is 45.7 Å². The average molecular weight is 403 g/mol. The molecule has 140 valence electrons. The van der Waals surface area contributed by atoms with Crippen LogP contribution in [0.5, 0.6) is 0 Å². The van der Waals surface area contributed by atoms with E-state index >= 15 is 0 Å². The zero-order valence-electron chi connectivity index (χ0n) is 14.8. The number of carbonyl (C=O) groups excluding carboxylic acids is 2. The van der Waals surface area contributed by atoms with Crippen LogP contribution in [-0.4, -0.2) is 26.7 Å². The molecule has 0 aliphatic heterocycles. The number of rotatable bonds is 5. The largest absolute Gasteiger partial charge is 0.351 e. The van der Waals surface area contributed by atoms with E-state index in [1.807, 2.05) is 48.0 Å². The van der Waals surface area contributed by atoms with Gasteiger partial charge in [-0.15, -0.1) is 11.3 Å². The van der Waals surface area contributed by atoms with E-state index in [4.69, 9.17) is 5.73 Å². The van der Waals surface area contributed by atoms with Gasteiger partial charge < -0.3 is 5.73 Å². The summed E-state index contributed by atoms with van der Waals surface area (Å²) in [4.78, 5) is 41.1. The molecule has 1 aromatic carbocycles. The van der Waals surface area contributed by atoms with Crippen LogP contribution in [0, 0.1) is 0 Å². The van der Waals surface area contributed by atoms with Gasteiger partial charge >= 0.3 is 6.03 Å². The second-order valence-electron chi connectivity index (χ2n) is 5.75. The van der Waals surface area contributed by atoms with E-state index in [-0.39, 0.29) is 5.56 Å². The van der Waals surface area contributed by atoms with Crippen molar-refractivity contribution in [3.05, 3.63) is 46.1 Å². The van der Waals surface area contributed by atoms with Gasteiger partial charge in [0.15, 0.2) is 5.16 Å². The first-order valence-corrected chi connectivity index (χ1v) is 10.0. The van der Waals surface area contributed by atoms with Crippen LogP contribution < -0.4 is 16.6 Å². The Morgan fingerprint density at radius 2 is 2.04 bits per heavy atom. The maximum atomic E-state index is 13.1. The zero-order chi connectivity index (χ0) is 19.6. The number of hydrogen-bond acceptors (Lipinski definition) is 6. The predicted octanol–water partition coefficient (Wildman–Crippen LogP) is 2.82. The van der Waals surface area contributed by atoms with Crippen molar-refractivity contribution in [1.82, 2.24) is 14.9 Å². The first-order chi connectivity index (χ1) is 12.9. The van der Waals surface area contributed by atoms with Gasteiger partial charge in [0.2, 0.25) is 5.91 Å². The third kappa shape index (κ3) is 3.88. The van der Waals surface area contributed by atoms with Crippen LogP contribution in [0.3, 0.4) is 0 Å². The van der Waals surface area contributed by atoms with E-state index in [0.717, 1.165) is 22.9 Å². The Morgan fingerprint density at radius 1 is 1.33 bits per heavy atom. The van der Waals surface area contributed by atoms with Crippen molar-refractivity contribution in [2.45, 2.75) is 30.8 Å². The van der Waals surface area contributed by atoms with Crippen molar-refractivity contribution in [2.24, 2.45) is 5.73 Å². The van der Waals surface area contributed by atoms with Crippen molar-refractivity contribution in [3.63, 3.8) is 0 Å². The van der Waals surface area contributed by atoms with E-state index in [0.29, 0.717) is 21.9 Å². The van der Waals surface area contributed by atoms with Crippen LogP contribution in [0.25, 0.3) is 21.3 Å². The third-order valence-electron chi connectivity index (χ3n) is 3.96. The molecule has 0 aliphatic rings. The topological polar surface area (TPSA) is 107 Å². The lowest BCUT2D eigenvalue weighted by atomic mass is 10.1. The van der Waals surface area contributed by atoms with Gasteiger partial charge in [0.1, 0.15) is 4.83 Å². The van der Waals surface area contributed by atoms with Gasteiger partial charge in [0.25, 0.3) is 5.56 Å². The van der Waals surface area contributed by atoms with E-state index in [1.165, 1.54) is 11.3 Å². The molecule has 2 aromatic heterocycles. The summed E-state index contributed by atoms with van der Waals surface area (Å²) in [6.45, 7) is 3.89. The van der Waals surface area contributed by atoms with Crippen molar-refractivity contribution in [2.75, 3.05) is 0 Å². The van der Waals surface area contributed by atoms with Gasteiger partial charge in [0.05, 0.1) is 10.6 Å². The molecule has 0 spiro atoms. The molecule has 0 bridgehead atoms. The molecule has 1 atom stereocenters. The molecule has 7 nitrogen and oxygen atoms in total. The number of nitrogens with one attached hydrogen (secondary N) is 1. The summed E-state index contributed by atoms with van der Waals surface area (Å²) in [5.74, 6) is -0.527. The predicted molar refractivity (Wildman–Crippen MR) is 108 cm³/mol. The number of carbonyl (C=O) groups is 2. The van der Waals surface area contributed by atoms with Crippen LogP contribution in [0.1, 0.15) is 13.8 Å². The molecule has 0 saturated heterocycles. The molecule has 0 fully saturated rings. The zero-order valence-corrected chi connectivity index (χ0v) is 16.4. The molecule has 3 N–H and O–H groups in total. The molecule has 3 rings (SSSR count). The van der Waals surface area contributed by atoms with Crippen LogP contribution in [0.2, 0.25) is 0 Å². The van der Waals surface area contributed by atoms with Crippen molar-refractivity contribution < 1.29 is 9.59 Å². The Hall–Kier alpha value is -2.65. The number of aromatic nitrogens is 2. The number of fused-ring (bicyclic) bond motifs is 1. The minimum Gasteiger partial charge on any atom is -0.351 e. The van der Waals surface area contributed by atoms with E-state index < -0.39 is 17.2 Å². The molecule has 0 saturated carbocycles. The molecule has 0 aliphatic carbocycles. The Kier molecular flexibility index (Phi) is 5.62. The summed E-state index contributed by atoms with van der Waals surface area (Å²) in [6.07, 6.45) is 0. The number of nitrogens with zero attached hydrogens (tertiary/aromatic N) is 2. The molecule has 3 aromatic rings. The third-order valence-corrected chi connectivity index (χ3v) is 5.92. The first kappa shape index (κ1) is 19.1. The SMILES string of the molecule is CCn1c(S[C@@H](C)C(=O)NC(N)=O)nc2scc(-c3ccccc3)c2c1=O. The van der Waals surface area contributed by atoms with Crippen LogP contribution in [-0.2, 0) is 11.3 Å². The highest BCUT2D eigenvalue weighted by Crippen LogP contribution is 2.32. The maximum absolute atomic E-state index is 13.1. The van der Waals surface area contributed by atoms with Crippen LogP contribution in [0.4, 0.5) is 4.79 Å². The smallest absolute Gasteiger partial charge is 0.318 e. The number of primary amides is 1. The number of thioether (sulfide) groups is 1. The number of amides is 3. The van der Waals surface area contributed by atoms with Gasteiger partial charge in [-0.2, -0.15) is 0 Å². The number of thiophene rings is 1. The van der Waals surface area contributed by atoms with Gasteiger partial charge in [-0.1, -0.05) is 42.1 Å². The number of urea groups is 1. The fourth-order valence-electron chi connectivity index (χ4n) is 2.64. The fraction of sp³-hybridized carbons (Fsp3) is 0.222. The summed E-state index contributed by atoms with van der Waals surface area (Å²) in [7, 11) is 0. The second-order valence-corrected chi connectivity index (χ2v) is 7.92. The number of hydrogen-bond donors (Lipinski definition) is 2. The Bertz CT molecular complexity index is 1060. The molecule has 3 amide bonds. The monoisotopic (exact) mass is 402 g/mol. The average Bonchev–Trinajstić information content (AvgIpc) is 3.06. The Balaban J connectivity index is 2.05. The van der Waals surface area contributed by atoms with E-state index in [9.17, 15) is 14.4 Å². The Morgan fingerprint density at radius 3 is 2.67 bits per heavy atom. The highest BCUT2D eigenvalue weighted by Gasteiger charge is 2.21. The van der Waals surface area contributed by atoms with Crippen molar-refractivity contribution >= 4 is 45.3 Å². The van der Waals surface area contributed by atoms with Crippen molar-refractivity contribution in [1.29, 1.82) is 0 Å². The lowest BCUT2D eigenvalue weighted by molar-refractivity contribution is -0.119. The quantitative estimate of drug-likeness (QED) is 0.504. The number of benzene rings is 1. The van der Waals surface area contributed by atoms with Gasteiger partial charge in [0, 0.05) is 17.5 Å². The summed E-state index contributed by atoms with van der Waals surface area (Å²) in [5, 5.41) is 4.35. The van der Waals surface area contributed by atoms with Gasteiger partial charge in [-0.25, -0.2) is 9.78 Å². The molecule has 27 heavy (non-hydrogen) atoms. The maximum Gasteiger partial charge on any atom is 0.318 e. The van der Waals surface area contributed by atoms with Gasteiger partial charge in [-0.05, 0) is 19.4 Å². The highest BCUT2D eigenvalue weighted by molar-refractivity contribution is 8.00. The number of nitrogens with two attached hydrogens (primary N) is 1. The molecule has 9 heteroatoms. The first-order valence-electron chi connectivity index (χ1n) is 8.26. The second kappa shape index (κ2) is 7.93. The van der Waals surface area contributed by atoms with Crippen LogP contribution >= 0.6 is 23.1 Å². The molecule has 0 unspecified atom stereocenters. The summed E-state index contributed by atoms with van der Waals surface area (Å²) < 4.78 is 1.54. The molecule has 0 radical (unpaired) electrons. The number of imide groups is 1. The summed E-state index contributed by atoms with van der Waals surface area (Å²) in [6, 6.07) is 8.77. The minimum atomic E-state index is -0.908. The van der Waals surface area contributed by atoms with Gasteiger partial charge in [-0.3, -0.25) is 19.5 Å². The minimum absolute atomic E-state index is 0.146. The Labute approximate surface area is 163 Å².